The maximum absolute atomic E-state index is 9.16. The SMILES string of the molecule is CCCNC(CCO)CN(CCC(C)C)C1CC1. The molecule has 1 fully saturated rings. The average Bonchev–Trinajstić information content (AvgIpc) is 3.15. The molecule has 1 rings (SSSR count). The minimum atomic E-state index is 0.296. The zero-order chi connectivity index (χ0) is 13.4. The third-order valence-electron chi connectivity index (χ3n) is 3.67. The van der Waals surface area contributed by atoms with Crippen LogP contribution in [0, 0.1) is 5.92 Å². The first-order valence-electron chi connectivity index (χ1n) is 7.75. The molecule has 0 bridgehead atoms. The molecule has 0 radical (unpaired) electrons. The van der Waals surface area contributed by atoms with E-state index in [2.05, 4.69) is 31.0 Å². The maximum Gasteiger partial charge on any atom is 0.0446 e. The summed E-state index contributed by atoms with van der Waals surface area (Å²) in [7, 11) is 0. The molecule has 2 N–H and O–H groups in total. The lowest BCUT2D eigenvalue weighted by Crippen LogP contribution is -2.43. The number of rotatable bonds is 11. The molecule has 0 aromatic rings. The molecule has 1 atom stereocenters. The Bertz CT molecular complexity index is 205. The van der Waals surface area contributed by atoms with Gasteiger partial charge in [0.1, 0.15) is 0 Å². The van der Waals surface area contributed by atoms with Gasteiger partial charge >= 0.3 is 0 Å². The third-order valence-corrected chi connectivity index (χ3v) is 3.67. The van der Waals surface area contributed by atoms with Gasteiger partial charge < -0.3 is 10.4 Å². The van der Waals surface area contributed by atoms with Gasteiger partial charge in [0.2, 0.25) is 0 Å². The van der Waals surface area contributed by atoms with E-state index >= 15 is 0 Å². The number of aliphatic hydroxyl groups excluding tert-OH is 1. The van der Waals surface area contributed by atoms with Crippen molar-refractivity contribution in [2.45, 2.75) is 65.0 Å². The van der Waals surface area contributed by atoms with Crippen LogP contribution in [0.4, 0.5) is 0 Å². The molecular weight excluding hydrogens is 224 g/mol. The molecule has 0 spiro atoms. The standard InChI is InChI=1S/C15H32N2O/c1-4-9-16-14(8-11-18)12-17(15-5-6-15)10-7-13(2)3/h13-16,18H,4-12H2,1-3H3. The third kappa shape index (κ3) is 6.72. The van der Waals surface area contributed by atoms with Gasteiger partial charge in [0.05, 0.1) is 0 Å². The van der Waals surface area contributed by atoms with Gasteiger partial charge in [-0.3, -0.25) is 4.90 Å². The second kappa shape index (κ2) is 8.89. The number of aliphatic hydroxyl groups is 1. The van der Waals surface area contributed by atoms with Crippen LogP contribution in [-0.2, 0) is 0 Å². The Morgan fingerprint density at radius 1 is 1.28 bits per heavy atom. The lowest BCUT2D eigenvalue weighted by Gasteiger charge is -2.28. The van der Waals surface area contributed by atoms with E-state index in [0.29, 0.717) is 12.6 Å². The van der Waals surface area contributed by atoms with E-state index in [-0.39, 0.29) is 0 Å². The Labute approximate surface area is 113 Å². The molecule has 1 unspecified atom stereocenters. The first-order valence-corrected chi connectivity index (χ1v) is 7.75. The number of nitrogens with one attached hydrogen (secondary N) is 1. The van der Waals surface area contributed by atoms with Gasteiger partial charge in [-0.05, 0) is 51.1 Å². The van der Waals surface area contributed by atoms with E-state index in [1.165, 1.54) is 25.8 Å². The smallest absolute Gasteiger partial charge is 0.0446 e. The van der Waals surface area contributed by atoms with Gasteiger partial charge in [-0.2, -0.15) is 0 Å². The molecule has 1 aliphatic rings. The van der Waals surface area contributed by atoms with Crippen LogP contribution in [0.25, 0.3) is 0 Å². The highest BCUT2D eigenvalue weighted by Crippen LogP contribution is 2.27. The van der Waals surface area contributed by atoms with Gasteiger partial charge in [-0.15, -0.1) is 0 Å². The fraction of sp³-hybridized carbons (Fsp3) is 1.00. The molecule has 108 valence electrons. The number of nitrogens with zero attached hydrogens (tertiary/aromatic N) is 1. The highest BCUT2D eigenvalue weighted by atomic mass is 16.3. The van der Waals surface area contributed by atoms with E-state index in [0.717, 1.165) is 37.9 Å². The summed E-state index contributed by atoms with van der Waals surface area (Å²) >= 11 is 0. The Kier molecular flexibility index (Phi) is 7.87. The second-order valence-electron chi connectivity index (χ2n) is 6.07. The van der Waals surface area contributed by atoms with Crippen LogP contribution < -0.4 is 5.32 Å². The molecule has 0 aliphatic heterocycles. The van der Waals surface area contributed by atoms with E-state index in [4.69, 9.17) is 5.11 Å². The summed E-state index contributed by atoms with van der Waals surface area (Å²) < 4.78 is 0. The fourth-order valence-electron chi connectivity index (χ4n) is 2.33. The van der Waals surface area contributed by atoms with Crippen LogP contribution in [0.1, 0.15) is 52.9 Å². The van der Waals surface area contributed by atoms with Gasteiger partial charge in [-0.1, -0.05) is 20.8 Å². The monoisotopic (exact) mass is 256 g/mol. The van der Waals surface area contributed by atoms with E-state index in [1.807, 2.05) is 0 Å². The Morgan fingerprint density at radius 2 is 2.00 bits per heavy atom. The van der Waals surface area contributed by atoms with Gasteiger partial charge in [0.15, 0.2) is 0 Å². The molecule has 0 aromatic heterocycles. The van der Waals surface area contributed by atoms with Crippen molar-refractivity contribution in [3.63, 3.8) is 0 Å². The topological polar surface area (TPSA) is 35.5 Å². The van der Waals surface area contributed by atoms with Crippen molar-refractivity contribution in [1.29, 1.82) is 0 Å². The van der Waals surface area contributed by atoms with Crippen LogP contribution in [0.5, 0.6) is 0 Å². The zero-order valence-corrected chi connectivity index (χ0v) is 12.5. The highest BCUT2D eigenvalue weighted by Gasteiger charge is 2.30. The van der Waals surface area contributed by atoms with Crippen molar-refractivity contribution in [2.75, 3.05) is 26.2 Å². The molecule has 0 saturated heterocycles. The van der Waals surface area contributed by atoms with Crippen LogP contribution >= 0.6 is 0 Å². The van der Waals surface area contributed by atoms with Crippen LogP contribution in [0.2, 0.25) is 0 Å². The van der Waals surface area contributed by atoms with Gasteiger partial charge in [-0.25, -0.2) is 0 Å². The molecule has 0 aromatic carbocycles. The van der Waals surface area contributed by atoms with Crippen molar-refractivity contribution in [3.8, 4) is 0 Å². The molecule has 0 amide bonds. The molecule has 18 heavy (non-hydrogen) atoms. The van der Waals surface area contributed by atoms with Gasteiger partial charge in [0, 0.05) is 25.2 Å². The molecule has 3 nitrogen and oxygen atoms in total. The first kappa shape index (κ1) is 15.9. The summed E-state index contributed by atoms with van der Waals surface area (Å²) in [6.07, 6.45) is 6.08. The molecule has 1 saturated carbocycles. The van der Waals surface area contributed by atoms with Crippen LogP contribution in [0.3, 0.4) is 0 Å². The van der Waals surface area contributed by atoms with Crippen molar-refractivity contribution < 1.29 is 5.11 Å². The van der Waals surface area contributed by atoms with Crippen LogP contribution in [0.15, 0.2) is 0 Å². The van der Waals surface area contributed by atoms with Gasteiger partial charge in [0.25, 0.3) is 0 Å². The predicted molar refractivity (Wildman–Crippen MR) is 77.8 cm³/mol. The Balaban J connectivity index is 2.35. The van der Waals surface area contributed by atoms with E-state index in [1.54, 1.807) is 0 Å². The number of hydrogen-bond donors (Lipinski definition) is 2. The molecule has 3 heteroatoms. The average molecular weight is 256 g/mol. The highest BCUT2D eigenvalue weighted by molar-refractivity contribution is 4.87. The minimum Gasteiger partial charge on any atom is -0.396 e. The summed E-state index contributed by atoms with van der Waals surface area (Å²) in [6, 6.07) is 1.29. The number of hydrogen-bond acceptors (Lipinski definition) is 3. The summed E-state index contributed by atoms with van der Waals surface area (Å²) in [6.45, 7) is 10.5. The summed E-state index contributed by atoms with van der Waals surface area (Å²) in [5.41, 5.74) is 0. The largest absolute Gasteiger partial charge is 0.396 e. The quantitative estimate of drug-likeness (QED) is 0.595. The second-order valence-corrected chi connectivity index (χ2v) is 6.07. The minimum absolute atomic E-state index is 0.296. The van der Waals surface area contributed by atoms with Crippen molar-refractivity contribution in [1.82, 2.24) is 10.2 Å². The Morgan fingerprint density at radius 3 is 2.50 bits per heavy atom. The van der Waals surface area contributed by atoms with Crippen molar-refractivity contribution in [2.24, 2.45) is 5.92 Å². The summed E-state index contributed by atoms with van der Waals surface area (Å²) in [5, 5.41) is 12.7. The normalized spacial score (nSPS) is 17.7. The van der Waals surface area contributed by atoms with E-state index < -0.39 is 0 Å². The first-order chi connectivity index (χ1) is 8.67. The maximum atomic E-state index is 9.16. The lowest BCUT2D eigenvalue weighted by atomic mass is 10.1. The molecular formula is C15H32N2O. The van der Waals surface area contributed by atoms with Crippen molar-refractivity contribution in [3.05, 3.63) is 0 Å². The lowest BCUT2D eigenvalue weighted by molar-refractivity contribution is 0.194. The van der Waals surface area contributed by atoms with Crippen molar-refractivity contribution >= 4 is 0 Å². The van der Waals surface area contributed by atoms with Crippen LogP contribution in [-0.4, -0.2) is 48.3 Å². The summed E-state index contributed by atoms with van der Waals surface area (Å²) in [4.78, 5) is 2.64. The zero-order valence-electron chi connectivity index (χ0n) is 12.5. The fourth-order valence-corrected chi connectivity index (χ4v) is 2.33. The Hall–Kier alpha value is -0.120. The molecule has 0 heterocycles. The molecule has 1 aliphatic carbocycles. The summed E-state index contributed by atoms with van der Waals surface area (Å²) in [5.74, 6) is 0.783. The van der Waals surface area contributed by atoms with E-state index in [9.17, 15) is 0 Å². The predicted octanol–water partition coefficient (Wildman–Crippen LogP) is 2.25.